The third kappa shape index (κ3) is 3.47. The molecule has 0 aliphatic carbocycles. The van der Waals surface area contributed by atoms with E-state index in [9.17, 15) is 18.0 Å². The number of amides is 2. The van der Waals surface area contributed by atoms with E-state index in [2.05, 4.69) is 5.32 Å². The van der Waals surface area contributed by atoms with Crippen LogP contribution in [0.15, 0.2) is 23.1 Å². The zero-order chi connectivity index (χ0) is 18.2. The molecular weight excluding hydrogens is 346 g/mol. The molecule has 0 spiro atoms. The minimum atomic E-state index is -3.71. The van der Waals surface area contributed by atoms with Gasteiger partial charge < -0.3 is 15.0 Å². The molecule has 3 rings (SSSR count). The van der Waals surface area contributed by atoms with Gasteiger partial charge in [0.25, 0.3) is 5.91 Å². The van der Waals surface area contributed by atoms with Gasteiger partial charge in [-0.25, -0.2) is 8.42 Å². The quantitative estimate of drug-likeness (QED) is 0.828. The number of fused-ring (bicyclic) bond motifs is 1. The number of anilines is 1. The predicted molar refractivity (Wildman–Crippen MR) is 90.8 cm³/mol. The fourth-order valence-electron chi connectivity index (χ4n) is 2.95. The molecule has 1 atom stereocenters. The van der Waals surface area contributed by atoms with Crippen LogP contribution in [-0.4, -0.2) is 61.7 Å². The zero-order valence-corrected chi connectivity index (χ0v) is 15.0. The number of nitrogens with one attached hydrogen (secondary N) is 1. The molecule has 2 aliphatic rings. The summed E-state index contributed by atoms with van der Waals surface area (Å²) in [4.78, 5) is 25.0. The van der Waals surface area contributed by atoms with Crippen LogP contribution in [0.25, 0.3) is 0 Å². The number of nitrogens with zero attached hydrogens (tertiary/aromatic N) is 2. The lowest BCUT2D eigenvalue weighted by Crippen LogP contribution is -2.37. The zero-order valence-electron chi connectivity index (χ0n) is 14.2. The SMILES string of the molecule is CC(=O)N1CCCN(S(=O)(=O)c2ccc3c(c2)NC(=O)C(C)O3)CC1. The summed E-state index contributed by atoms with van der Waals surface area (Å²) in [5.41, 5.74) is 0.351. The molecule has 1 aromatic carbocycles. The Morgan fingerprint density at radius 2 is 2.00 bits per heavy atom. The second-order valence-corrected chi connectivity index (χ2v) is 8.11. The average Bonchev–Trinajstić information content (AvgIpc) is 2.82. The lowest BCUT2D eigenvalue weighted by molar-refractivity contribution is -0.128. The van der Waals surface area contributed by atoms with Crippen molar-refractivity contribution in [2.24, 2.45) is 0 Å². The number of benzene rings is 1. The first-order valence-electron chi connectivity index (χ1n) is 8.16. The van der Waals surface area contributed by atoms with Crippen LogP contribution >= 0.6 is 0 Å². The fourth-order valence-corrected chi connectivity index (χ4v) is 4.44. The van der Waals surface area contributed by atoms with Crippen molar-refractivity contribution in [1.82, 2.24) is 9.21 Å². The predicted octanol–water partition coefficient (Wildman–Crippen LogP) is 0.649. The molecule has 1 saturated heterocycles. The van der Waals surface area contributed by atoms with Crippen LogP contribution in [-0.2, 0) is 19.6 Å². The first-order valence-corrected chi connectivity index (χ1v) is 9.60. The normalized spacial score (nSPS) is 21.8. The van der Waals surface area contributed by atoms with E-state index < -0.39 is 16.1 Å². The Hall–Kier alpha value is -2.13. The van der Waals surface area contributed by atoms with E-state index in [1.807, 2.05) is 0 Å². The third-order valence-electron chi connectivity index (χ3n) is 4.42. The van der Waals surface area contributed by atoms with Gasteiger partial charge in [-0.15, -0.1) is 0 Å². The van der Waals surface area contributed by atoms with Crippen LogP contribution < -0.4 is 10.1 Å². The lowest BCUT2D eigenvalue weighted by Gasteiger charge is -2.25. The van der Waals surface area contributed by atoms with Crippen LogP contribution in [0, 0.1) is 0 Å². The van der Waals surface area contributed by atoms with E-state index in [0.717, 1.165) is 0 Å². The summed E-state index contributed by atoms with van der Waals surface area (Å²) in [6.07, 6.45) is -0.0284. The molecule has 2 aliphatic heterocycles. The number of rotatable bonds is 2. The minimum Gasteiger partial charge on any atom is -0.479 e. The second-order valence-electron chi connectivity index (χ2n) is 6.17. The highest BCUT2D eigenvalue weighted by molar-refractivity contribution is 7.89. The Balaban J connectivity index is 1.84. The maximum absolute atomic E-state index is 12.9. The van der Waals surface area contributed by atoms with E-state index in [-0.39, 0.29) is 23.3 Å². The summed E-state index contributed by atoms with van der Waals surface area (Å²) in [6, 6.07) is 4.45. The van der Waals surface area contributed by atoms with E-state index in [4.69, 9.17) is 4.74 Å². The van der Waals surface area contributed by atoms with Crippen molar-refractivity contribution in [2.75, 3.05) is 31.5 Å². The minimum absolute atomic E-state index is 0.0537. The van der Waals surface area contributed by atoms with Gasteiger partial charge in [0.05, 0.1) is 10.6 Å². The number of carbonyl (C=O) groups excluding carboxylic acids is 2. The first kappa shape index (κ1) is 17.7. The van der Waals surface area contributed by atoms with Gasteiger partial charge >= 0.3 is 0 Å². The highest BCUT2D eigenvalue weighted by atomic mass is 32.2. The molecule has 0 radical (unpaired) electrons. The van der Waals surface area contributed by atoms with Gasteiger partial charge in [-0.3, -0.25) is 9.59 Å². The summed E-state index contributed by atoms with van der Waals surface area (Å²) >= 11 is 0. The van der Waals surface area contributed by atoms with E-state index in [1.165, 1.54) is 23.4 Å². The number of ether oxygens (including phenoxy) is 1. The molecule has 1 unspecified atom stereocenters. The monoisotopic (exact) mass is 367 g/mol. The highest BCUT2D eigenvalue weighted by Gasteiger charge is 2.30. The van der Waals surface area contributed by atoms with Crippen molar-refractivity contribution < 1.29 is 22.7 Å². The molecule has 1 fully saturated rings. The molecule has 1 N–H and O–H groups in total. The van der Waals surface area contributed by atoms with Crippen molar-refractivity contribution in [3.63, 3.8) is 0 Å². The van der Waals surface area contributed by atoms with Gasteiger partial charge in [-0.05, 0) is 31.5 Å². The van der Waals surface area contributed by atoms with Gasteiger partial charge in [0.15, 0.2) is 6.10 Å². The van der Waals surface area contributed by atoms with Gasteiger partial charge in [0.1, 0.15) is 5.75 Å². The lowest BCUT2D eigenvalue weighted by atomic mass is 10.2. The average molecular weight is 367 g/mol. The summed E-state index contributed by atoms with van der Waals surface area (Å²) in [5.74, 6) is 0.0839. The highest BCUT2D eigenvalue weighted by Crippen LogP contribution is 2.32. The van der Waals surface area contributed by atoms with E-state index in [1.54, 1.807) is 17.9 Å². The molecule has 0 aromatic heterocycles. The summed E-state index contributed by atoms with van der Waals surface area (Å²) < 4.78 is 32.7. The fraction of sp³-hybridized carbons (Fsp3) is 0.500. The summed E-state index contributed by atoms with van der Waals surface area (Å²) in [7, 11) is -3.71. The smallest absolute Gasteiger partial charge is 0.265 e. The molecular formula is C16H21N3O5S. The largest absolute Gasteiger partial charge is 0.479 e. The summed E-state index contributed by atoms with van der Waals surface area (Å²) in [6.45, 7) is 4.63. The van der Waals surface area contributed by atoms with Crippen molar-refractivity contribution in [3.05, 3.63) is 18.2 Å². The van der Waals surface area contributed by atoms with Crippen LogP contribution in [0.1, 0.15) is 20.3 Å². The Kier molecular flexibility index (Phi) is 4.70. The molecule has 0 saturated carbocycles. The van der Waals surface area contributed by atoms with Gasteiger partial charge in [0, 0.05) is 33.1 Å². The van der Waals surface area contributed by atoms with Gasteiger partial charge in [0.2, 0.25) is 15.9 Å². The maximum Gasteiger partial charge on any atom is 0.265 e. The summed E-state index contributed by atoms with van der Waals surface area (Å²) in [5, 5.41) is 2.66. The number of hydrogen-bond donors (Lipinski definition) is 1. The van der Waals surface area contributed by atoms with Crippen molar-refractivity contribution >= 4 is 27.5 Å². The standard InChI is InChI=1S/C16H21N3O5S/c1-11-16(21)17-14-10-13(4-5-15(14)24-11)25(22,23)19-7-3-6-18(8-9-19)12(2)20/h4-5,10-11H,3,6-9H2,1-2H3,(H,17,21). The van der Waals surface area contributed by atoms with Crippen molar-refractivity contribution in [2.45, 2.75) is 31.3 Å². The topological polar surface area (TPSA) is 96.0 Å². The molecule has 136 valence electrons. The first-order chi connectivity index (χ1) is 11.8. The molecule has 2 amide bonds. The van der Waals surface area contributed by atoms with Crippen molar-refractivity contribution in [3.8, 4) is 5.75 Å². The molecule has 25 heavy (non-hydrogen) atoms. The number of sulfonamides is 1. The van der Waals surface area contributed by atoms with Gasteiger partial charge in [-0.1, -0.05) is 0 Å². The second kappa shape index (κ2) is 6.64. The molecule has 8 nitrogen and oxygen atoms in total. The Morgan fingerprint density at radius 3 is 2.72 bits per heavy atom. The van der Waals surface area contributed by atoms with Gasteiger partial charge in [-0.2, -0.15) is 4.31 Å². The maximum atomic E-state index is 12.9. The van der Waals surface area contributed by atoms with E-state index >= 15 is 0 Å². The Bertz CT molecular complexity index is 808. The number of hydrogen-bond acceptors (Lipinski definition) is 5. The Morgan fingerprint density at radius 1 is 1.24 bits per heavy atom. The molecule has 9 heteroatoms. The molecule has 0 bridgehead atoms. The van der Waals surface area contributed by atoms with Crippen molar-refractivity contribution in [1.29, 1.82) is 0 Å². The third-order valence-corrected chi connectivity index (χ3v) is 6.31. The molecule has 2 heterocycles. The molecule has 1 aromatic rings. The van der Waals surface area contributed by atoms with E-state index in [0.29, 0.717) is 37.5 Å². The van der Waals surface area contributed by atoms with Crippen LogP contribution in [0.5, 0.6) is 5.75 Å². The number of carbonyl (C=O) groups is 2. The van der Waals surface area contributed by atoms with Crippen LogP contribution in [0.4, 0.5) is 5.69 Å². The van der Waals surface area contributed by atoms with Crippen LogP contribution in [0.3, 0.4) is 0 Å². The van der Waals surface area contributed by atoms with Crippen LogP contribution in [0.2, 0.25) is 0 Å². The Labute approximate surface area is 146 Å².